The molecule has 0 bridgehead atoms. The molecule has 1 fully saturated rings. The average Bonchev–Trinajstić information content (AvgIpc) is 2.97. The largest absolute Gasteiger partial charge is 0.495 e. The first-order valence-electron chi connectivity index (χ1n) is 6.58. The number of amides is 1. The number of ether oxygens (including phenoxy) is 1. The van der Waals surface area contributed by atoms with Gasteiger partial charge in [0, 0.05) is 11.1 Å². The first-order valence-corrected chi connectivity index (χ1v) is 6.95. The first-order chi connectivity index (χ1) is 9.70. The summed E-state index contributed by atoms with van der Waals surface area (Å²) in [6.45, 7) is 5.37. The van der Waals surface area contributed by atoms with Gasteiger partial charge in [0.05, 0.1) is 24.6 Å². The van der Waals surface area contributed by atoms with Crippen molar-refractivity contribution in [2.75, 3.05) is 12.4 Å². The Hall–Kier alpha value is -1.75. The number of carboxylic acid groups (broad SMARTS) is 1. The van der Waals surface area contributed by atoms with E-state index in [0.29, 0.717) is 16.5 Å². The topological polar surface area (TPSA) is 75.6 Å². The number of hydrogen-bond donors (Lipinski definition) is 2. The molecule has 2 unspecified atom stereocenters. The standard InChI is InChI=1S/C15H18ClNO4/c1-7-5-9(10(21-4)6-8(7)16)17-13(18)11-12(14(19)20)15(11,2)3/h5-6,11-12H,1-4H3,(H,17,18)(H,19,20). The molecule has 1 aromatic carbocycles. The Balaban J connectivity index is 2.22. The van der Waals surface area contributed by atoms with Gasteiger partial charge in [-0.25, -0.2) is 0 Å². The quantitative estimate of drug-likeness (QED) is 0.896. The summed E-state index contributed by atoms with van der Waals surface area (Å²) in [5.74, 6) is -2.01. The van der Waals surface area contributed by atoms with Crippen LogP contribution in [0.5, 0.6) is 5.75 Å². The molecule has 0 aliphatic heterocycles. The third-order valence-corrected chi connectivity index (χ3v) is 4.52. The predicted octanol–water partition coefficient (Wildman–Crippen LogP) is 2.95. The number of carbonyl (C=O) groups excluding carboxylic acids is 1. The molecule has 1 aliphatic rings. The number of rotatable bonds is 4. The third kappa shape index (κ3) is 2.70. The molecular formula is C15H18ClNO4. The summed E-state index contributed by atoms with van der Waals surface area (Å²) >= 11 is 6.02. The zero-order valence-electron chi connectivity index (χ0n) is 12.4. The number of aliphatic carboxylic acids is 1. The highest BCUT2D eigenvalue weighted by atomic mass is 35.5. The lowest BCUT2D eigenvalue weighted by molar-refractivity contribution is -0.140. The summed E-state index contributed by atoms with van der Waals surface area (Å²) in [5.41, 5.74) is 0.763. The van der Waals surface area contributed by atoms with Crippen molar-refractivity contribution in [1.29, 1.82) is 0 Å². The highest BCUT2D eigenvalue weighted by molar-refractivity contribution is 6.31. The molecule has 0 aromatic heterocycles. The number of halogens is 1. The van der Waals surface area contributed by atoms with Crippen molar-refractivity contribution in [3.05, 3.63) is 22.7 Å². The smallest absolute Gasteiger partial charge is 0.307 e. The van der Waals surface area contributed by atoms with Crippen LogP contribution < -0.4 is 10.1 Å². The number of nitrogens with one attached hydrogen (secondary N) is 1. The second-order valence-corrected chi connectivity index (χ2v) is 6.31. The maximum Gasteiger partial charge on any atom is 0.307 e. The fourth-order valence-corrected chi connectivity index (χ4v) is 2.88. The van der Waals surface area contributed by atoms with Crippen LogP contribution in [0, 0.1) is 24.2 Å². The number of aryl methyl sites for hydroxylation is 1. The van der Waals surface area contributed by atoms with E-state index in [0.717, 1.165) is 5.56 Å². The molecule has 2 atom stereocenters. The van der Waals surface area contributed by atoms with Crippen molar-refractivity contribution in [3.63, 3.8) is 0 Å². The van der Waals surface area contributed by atoms with E-state index in [-0.39, 0.29) is 5.91 Å². The summed E-state index contributed by atoms with van der Waals surface area (Å²) in [6, 6.07) is 3.34. The van der Waals surface area contributed by atoms with Crippen LogP contribution in [0.3, 0.4) is 0 Å². The van der Waals surface area contributed by atoms with E-state index < -0.39 is 23.2 Å². The second-order valence-electron chi connectivity index (χ2n) is 5.91. The molecule has 2 N–H and O–H groups in total. The number of methoxy groups -OCH3 is 1. The van der Waals surface area contributed by atoms with Gasteiger partial charge in [0.25, 0.3) is 0 Å². The van der Waals surface area contributed by atoms with Gasteiger partial charge in [-0.2, -0.15) is 0 Å². The SMILES string of the molecule is COc1cc(Cl)c(C)cc1NC(=O)C1C(C(=O)O)C1(C)C. The van der Waals surface area contributed by atoms with Crippen LogP contribution in [0.4, 0.5) is 5.69 Å². The molecule has 0 heterocycles. The van der Waals surface area contributed by atoms with E-state index in [1.807, 2.05) is 6.92 Å². The van der Waals surface area contributed by atoms with Crippen molar-refractivity contribution in [2.45, 2.75) is 20.8 Å². The Labute approximate surface area is 128 Å². The molecule has 6 heteroatoms. The van der Waals surface area contributed by atoms with Crippen LogP contribution in [0.25, 0.3) is 0 Å². The van der Waals surface area contributed by atoms with Crippen LogP contribution in [0.1, 0.15) is 19.4 Å². The van der Waals surface area contributed by atoms with Gasteiger partial charge in [0.15, 0.2) is 0 Å². The van der Waals surface area contributed by atoms with Crippen molar-refractivity contribution in [2.24, 2.45) is 17.3 Å². The Bertz CT molecular complexity index is 612. The van der Waals surface area contributed by atoms with Crippen LogP contribution in [0.2, 0.25) is 5.02 Å². The lowest BCUT2D eigenvalue weighted by Gasteiger charge is -2.12. The molecular weight excluding hydrogens is 294 g/mol. The van der Waals surface area contributed by atoms with E-state index in [1.165, 1.54) is 7.11 Å². The summed E-state index contributed by atoms with van der Waals surface area (Å²) in [5, 5.41) is 12.4. The lowest BCUT2D eigenvalue weighted by Crippen LogP contribution is -2.18. The number of carboxylic acids is 1. The molecule has 1 saturated carbocycles. The molecule has 0 spiro atoms. The van der Waals surface area contributed by atoms with Crippen LogP contribution in [0.15, 0.2) is 12.1 Å². The Morgan fingerprint density at radius 3 is 2.43 bits per heavy atom. The minimum Gasteiger partial charge on any atom is -0.495 e. The van der Waals surface area contributed by atoms with Gasteiger partial charge < -0.3 is 15.2 Å². The predicted molar refractivity (Wildman–Crippen MR) is 79.8 cm³/mol. The van der Waals surface area contributed by atoms with Crippen LogP contribution >= 0.6 is 11.6 Å². The molecule has 1 amide bonds. The van der Waals surface area contributed by atoms with Crippen molar-refractivity contribution >= 4 is 29.2 Å². The third-order valence-electron chi connectivity index (χ3n) is 4.11. The molecule has 1 aromatic rings. The number of carbonyl (C=O) groups is 2. The van der Waals surface area contributed by atoms with Gasteiger partial charge in [-0.3, -0.25) is 9.59 Å². The van der Waals surface area contributed by atoms with Crippen LogP contribution in [-0.2, 0) is 9.59 Å². The van der Waals surface area contributed by atoms with Crippen molar-refractivity contribution in [1.82, 2.24) is 0 Å². The summed E-state index contributed by atoms with van der Waals surface area (Å²) in [7, 11) is 1.48. The first kappa shape index (κ1) is 15.6. The van der Waals surface area contributed by atoms with Crippen LogP contribution in [-0.4, -0.2) is 24.1 Å². The number of anilines is 1. The fraction of sp³-hybridized carbons (Fsp3) is 0.467. The maximum atomic E-state index is 12.3. The van der Waals surface area contributed by atoms with E-state index in [4.69, 9.17) is 21.4 Å². The van der Waals surface area contributed by atoms with E-state index in [1.54, 1.807) is 26.0 Å². The molecule has 2 rings (SSSR count). The number of benzene rings is 1. The maximum absolute atomic E-state index is 12.3. The molecule has 21 heavy (non-hydrogen) atoms. The van der Waals surface area contributed by atoms with E-state index in [9.17, 15) is 9.59 Å². The average molecular weight is 312 g/mol. The second kappa shape index (κ2) is 5.22. The van der Waals surface area contributed by atoms with E-state index >= 15 is 0 Å². The van der Waals surface area contributed by atoms with Gasteiger partial charge in [-0.05, 0) is 24.0 Å². The normalized spacial score (nSPS) is 22.5. The summed E-state index contributed by atoms with van der Waals surface area (Å²) < 4.78 is 5.19. The number of hydrogen-bond acceptors (Lipinski definition) is 3. The van der Waals surface area contributed by atoms with Crippen molar-refractivity contribution in [3.8, 4) is 5.75 Å². The molecule has 5 nitrogen and oxygen atoms in total. The highest BCUT2D eigenvalue weighted by Gasteiger charge is 2.65. The monoisotopic (exact) mass is 311 g/mol. The highest BCUT2D eigenvalue weighted by Crippen LogP contribution is 2.58. The Kier molecular flexibility index (Phi) is 3.89. The lowest BCUT2D eigenvalue weighted by atomic mass is 10.1. The van der Waals surface area contributed by atoms with Gasteiger partial charge in [0.1, 0.15) is 5.75 Å². The van der Waals surface area contributed by atoms with Gasteiger partial charge in [0.2, 0.25) is 5.91 Å². The summed E-state index contributed by atoms with van der Waals surface area (Å²) in [6.07, 6.45) is 0. The van der Waals surface area contributed by atoms with Crippen molar-refractivity contribution < 1.29 is 19.4 Å². The zero-order chi connectivity index (χ0) is 15.9. The molecule has 1 aliphatic carbocycles. The molecule has 0 radical (unpaired) electrons. The molecule has 0 saturated heterocycles. The van der Waals surface area contributed by atoms with E-state index in [2.05, 4.69) is 5.32 Å². The summed E-state index contributed by atoms with van der Waals surface area (Å²) in [4.78, 5) is 23.5. The van der Waals surface area contributed by atoms with Gasteiger partial charge >= 0.3 is 5.97 Å². The van der Waals surface area contributed by atoms with Gasteiger partial charge in [-0.15, -0.1) is 0 Å². The Morgan fingerprint density at radius 1 is 1.33 bits per heavy atom. The molecule has 114 valence electrons. The minimum absolute atomic E-state index is 0.313. The minimum atomic E-state index is -0.945. The zero-order valence-corrected chi connectivity index (χ0v) is 13.1. The fourth-order valence-electron chi connectivity index (χ4n) is 2.73. The van der Waals surface area contributed by atoms with Gasteiger partial charge in [-0.1, -0.05) is 25.4 Å². The Morgan fingerprint density at radius 2 is 1.95 bits per heavy atom.